The number of aromatic hydroxyl groups is 1. The van der Waals surface area contributed by atoms with Crippen LogP contribution in [0.4, 0.5) is 11.4 Å². The highest BCUT2D eigenvalue weighted by Gasteiger charge is 2.35. The fourth-order valence-corrected chi connectivity index (χ4v) is 3.92. The van der Waals surface area contributed by atoms with Crippen molar-refractivity contribution < 1.29 is 5.11 Å². The lowest BCUT2D eigenvalue weighted by Gasteiger charge is -2.47. The first-order chi connectivity index (χ1) is 11.9. The molecule has 0 spiro atoms. The lowest BCUT2D eigenvalue weighted by Crippen LogP contribution is -2.48. The summed E-state index contributed by atoms with van der Waals surface area (Å²) in [5, 5.41) is 9.36. The molecule has 0 saturated carbocycles. The molecule has 0 amide bonds. The number of hydrogen-bond donors (Lipinski definition) is 1. The summed E-state index contributed by atoms with van der Waals surface area (Å²) in [6.45, 7) is 10.4. The predicted octanol–water partition coefficient (Wildman–Crippen LogP) is 5.65. The quantitative estimate of drug-likeness (QED) is 0.733. The SMILES string of the molecule is CCCN1c2ccc(C=Nc3ccc(O)cc3)cc2C(C)CC1(C)C. The lowest BCUT2D eigenvalue weighted by molar-refractivity contribution is 0.376. The Bertz CT molecular complexity index is 762. The lowest BCUT2D eigenvalue weighted by atomic mass is 9.79. The van der Waals surface area contributed by atoms with Crippen LogP contribution in [0.1, 0.15) is 57.6 Å². The van der Waals surface area contributed by atoms with Crippen LogP contribution in [-0.2, 0) is 0 Å². The maximum atomic E-state index is 9.36. The van der Waals surface area contributed by atoms with Crippen LogP contribution in [0.2, 0.25) is 0 Å². The van der Waals surface area contributed by atoms with Gasteiger partial charge in [0.05, 0.1) is 5.69 Å². The molecule has 3 heteroatoms. The van der Waals surface area contributed by atoms with E-state index in [4.69, 9.17) is 0 Å². The summed E-state index contributed by atoms with van der Waals surface area (Å²) >= 11 is 0. The molecule has 0 fully saturated rings. The van der Waals surface area contributed by atoms with Gasteiger partial charge in [-0.3, -0.25) is 4.99 Å². The molecule has 3 nitrogen and oxygen atoms in total. The summed E-state index contributed by atoms with van der Waals surface area (Å²) in [5.41, 5.74) is 4.95. The number of nitrogens with zero attached hydrogens (tertiary/aromatic N) is 2. The van der Waals surface area contributed by atoms with Crippen LogP contribution >= 0.6 is 0 Å². The first-order valence-corrected chi connectivity index (χ1v) is 9.15. The molecular formula is C22H28N2O. The Morgan fingerprint density at radius 1 is 1.20 bits per heavy atom. The average molecular weight is 336 g/mol. The Labute approximate surface area is 151 Å². The van der Waals surface area contributed by atoms with E-state index in [0.29, 0.717) is 5.92 Å². The first kappa shape index (κ1) is 17.5. The molecule has 0 bridgehead atoms. The van der Waals surface area contributed by atoms with E-state index in [-0.39, 0.29) is 11.3 Å². The molecular weight excluding hydrogens is 308 g/mol. The van der Waals surface area contributed by atoms with E-state index in [1.165, 1.54) is 17.7 Å². The van der Waals surface area contributed by atoms with Gasteiger partial charge in [0.15, 0.2) is 0 Å². The van der Waals surface area contributed by atoms with Crippen LogP contribution in [0.5, 0.6) is 5.75 Å². The number of phenols is 1. The van der Waals surface area contributed by atoms with Gasteiger partial charge in [-0.25, -0.2) is 0 Å². The molecule has 1 heterocycles. The number of benzene rings is 2. The number of phenolic OH excluding ortho intramolecular Hbond substituents is 1. The van der Waals surface area contributed by atoms with Crippen molar-refractivity contribution in [2.45, 2.75) is 52.0 Å². The summed E-state index contributed by atoms with van der Waals surface area (Å²) in [6, 6.07) is 13.6. The Morgan fingerprint density at radius 2 is 1.92 bits per heavy atom. The van der Waals surface area contributed by atoms with Gasteiger partial charge in [0.1, 0.15) is 5.75 Å². The third-order valence-electron chi connectivity index (χ3n) is 5.07. The Balaban J connectivity index is 1.90. The van der Waals surface area contributed by atoms with Crippen molar-refractivity contribution in [3.05, 3.63) is 53.6 Å². The van der Waals surface area contributed by atoms with E-state index in [1.54, 1.807) is 12.1 Å². The third kappa shape index (κ3) is 3.71. The Kier molecular flexibility index (Phi) is 4.85. The number of aliphatic imine (C=N–C) groups is 1. The van der Waals surface area contributed by atoms with Gasteiger partial charge >= 0.3 is 0 Å². The minimum atomic E-state index is 0.198. The molecule has 0 aliphatic carbocycles. The van der Waals surface area contributed by atoms with Gasteiger partial charge in [0.25, 0.3) is 0 Å². The van der Waals surface area contributed by atoms with Crippen LogP contribution in [0.3, 0.4) is 0 Å². The van der Waals surface area contributed by atoms with Crippen LogP contribution < -0.4 is 4.90 Å². The molecule has 1 aliphatic rings. The van der Waals surface area contributed by atoms with Crippen molar-refractivity contribution >= 4 is 17.6 Å². The van der Waals surface area contributed by atoms with E-state index in [9.17, 15) is 5.11 Å². The number of fused-ring (bicyclic) bond motifs is 1. The highest BCUT2D eigenvalue weighted by molar-refractivity contribution is 5.83. The summed E-state index contributed by atoms with van der Waals surface area (Å²) < 4.78 is 0. The van der Waals surface area contributed by atoms with E-state index in [1.807, 2.05) is 18.3 Å². The number of rotatable bonds is 4. The van der Waals surface area contributed by atoms with Gasteiger partial charge < -0.3 is 10.0 Å². The fourth-order valence-electron chi connectivity index (χ4n) is 3.92. The van der Waals surface area contributed by atoms with Gasteiger partial charge in [-0.2, -0.15) is 0 Å². The molecule has 0 saturated heterocycles. The second-order valence-electron chi connectivity index (χ2n) is 7.66. The Hall–Kier alpha value is -2.29. The van der Waals surface area contributed by atoms with Crippen molar-refractivity contribution in [3.8, 4) is 5.75 Å². The van der Waals surface area contributed by atoms with Gasteiger partial charge in [-0.1, -0.05) is 19.9 Å². The summed E-state index contributed by atoms with van der Waals surface area (Å²) in [5.74, 6) is 0.806. The molecule has 2 aromatic carbocycles. The zero-order valence-corrected chi connectivity index (χ0v) is 15.7. The predicted molar refractivity (Wildman–Crippen MR) is 107 cm³/mol. The average Bonchev–Trinajstić information content (AvgIpc) is 2.58. The highest BCUT2D eigenvalue weighted by atomic mass is 16.3. The fraction of sp³-hybridized carbons (Fsp3) is 0.409. The summed E-state index contributed by atoms with van der Waals surface area (Å²) in [7, 11) is 0. The molecule has 3 rings (SSSR count). The summed E-state index contributed by atoms with van der Waals surface area (Å²) in [6.07, 6.45) is 4.23. The molecule has 25 heavy (non-hydrogen) atoms. The molecule has 1 atom stereocenters. The van der Waals surface area contributed by atoms with Crippen molar-refractivity contribution in [1.82, 2.24) is 0 Å². The third-order valence-corrected chi connectivity index (χ3v) is 5.07. The van der Waals surface area contributed by atoms with Crippen LogP contribution in [-0.4, -0.2) is 23.4 Å². The highest BCUT2D eigenvalue weighted by Crippen LogP contribution is 2.43. The molecule has 1 N–H and O–H groups in total. The molecule has 0 aromatic heterocycles. The van der Waals surface area contributed by atoms with Crippen molar-refractivity contribution in [2.75, 3.05) is 11.4 Å². The van der Waals surface area contributed by atoms with Gasteiger partial charge in [0, 0.05) is 24.0 Å². The topological polar surface area (TPSA) is 35.8 Å². The zero-order chi connectivity index (χ0) is 18.0. The maximum Gasteiger partial charge on any atom is 0.115 e. The second kappa shape index (κ2) is 6.91. The van der Waals surface area contributed by atoms with Gasteiger partial charge in [-0.05, 0) is 80.1 Å². The zero-order valence-electron chi connectivity index (χ0n) is 15.7. The normalized spacial score (nSPS) is 19.2. The second-order valence-corrected chi connectivity index (χ2v) is 7.66. The van der Waals surface area contributed by atoms with Crippen LogP contribution in [0, 0.1) is 0 Å². The smallest absolute Gasteiger partial charge is 0.115 e. The van der Waals surface area contributed by atoms with Crippen LogP contribution in [0.25, 0.3) is 0 Å². The molecule has 2 aromatic rings. The standard InChI is InChI=1S/C22H28N2O/c1-5-12-24-21-11-6-17(13-20(21)16(2)14-22(24,3)4)15-23-18-7-9-19(25)10-8-18/h6-11,13,15-16,25H,5,12,14H2,1-4H3. The number of anilines is 1. The number of hydrogen-bond acceptors (Lipinski definition) is 3. The summed E-state index contributed by atoms with van der Waals surface area (Å²) in [4.78, 5) is 7.08. The largest absolute Gasteiger partial charge is 0.508 e. The Morgan fingerprint density at radius 3 is 2.60 bits per heavy atom. The molecule has 0 radical (unpaired) electrons. The minimum absolute atomic E-state index is 0.198. The molecule has 132 valence electrons. The monoisotopic (exact) mass is 336 g/mol. The van der Waals surface area contributed by atoms with Gasteiger partial charge in [0.2, 0.25) is 0 Å². The van der Waals surface area contributed by atoms with E-state index >= 15 is 0 Å². The van der Waals surface area contributed by atoms with Crippen molar-refractivity contribution in [3.63, 3.8) is 0 Å². The molecule has 1 unspecified atom stereocenters. The van der Waals surface area contributed by atoms with E-state index < -0.39 is 0 Å². The van der Waals surface area contributed by atoms with E-state index in [2.05, 4.69) is 55.8 Å². The van der Waals surface area contributed by atoms with Crippen LogP contribution in [0.15, 0.2) is 47.5 Å². The van der Waals surface area contributed by atoms with Gasteiger partial charge in [-0.15, -0.1) is 0 Å². The van der Waals surface area contributed by atoms with E-state index in [0.717, 1.165) is 24.2 Å². The first-order valence-electron chi connectivity index (χ1n) is 9.15. The minimum Gasteiger partial charge on any atom is -0.508 e. The maximum absolute atomic E-state index is 9.36. The van der Waals surface area contributed by atoms with Crippen molar-refractivity contribution in [1.29, 1.82) is 0 Å². The molecule has 1 aliphatic heterocycles. The van der Waals surface area contributed by atoms with Crippen molar-refractivity contribution in [2.24, 2.45) is 4.99 Å².